The van der Waals surface area contributed by atoms with Crippen molar-refractivity contribution in [2.75, 3.05) is 0 Å². The molecule has 1 unspecified atom stereocenters. The summed E-state index contributed by atoms with van der Waals surface area (Å²) in [4.78, 5) is 11.7. The van der Waals surface area contributed by atoms with Crippen LogP contribution in [-0.4, -0.2) is 20.7 Å². The zero-order valence-corrected chi connectivity index (χ0v) is 13.1. The second-order valence-electron chi connectivity index (χ2n) is 5.52. The number of aryl methyl sites for hydroxylation is 2. The maximum absolute atomic E-state index is 11.7. The molecule has 1 atom stereocenters. The van der Waals surface area contributed by atoms with Gasteiger partial charge in [0.15, 0.2) is 0 Å². The van der Waals surface area contributed by atoms with E-state index in [0.717, 1.165) is 47.1 Å². The van der Waals surface area contributed by atoms with Crippen LogP contribution < -0.4 is 0 Å². The van der Waals surface area contributed by atoms with Crippen LogP contribution in [-0.2, 0) is 13.0 Å². The second kappa shape index (κ2) is 5.90. The number of aliphatic hydroxyl groups excluding tert-OH is 1. The maximum Gasteiger partial charge on any atom is 0.337 e. The number of benzene rings is 1. The number of fused-ring (bicyclic) bond motifs is 1. The van der Waals surface area contributed by atoms with Gasteiger partial charge in [-0.25, -0.2) is 4.79 Å². The SMILES string of the molecule is CCCn1c(C)c(C(C)O)c2cc(CC)cc(C(=O)O)c21. The molecule has 0 saturated heterocycles. The summed E-state index contributed by atoms with van der Waals surface area (Å²) in [5.41, 5.74) is 3.84. The molecule has 1 aromatic heterocycles. The number of carbonyl (C=O) groups is 1. The van der Waals surface area contributed by atoms with E-state index in [9.17, 15) is 15.0 Å². The summed E-state index contributed by atoms with van der Waals surface area (Å²) in [6.45, 7) is 8.51. The van der Waals surface area contributed by atoms with Crippen molar-refractivity contribution in [3.05, 3.63) is 34.5 Å². The molecule has 2 aromatic rings. The molecule has 1 heterocycles. The van der Waals surface area contributed by atoms with E-state index in [4.69, 9.17) is 0 Å². The Kier molecular flexibility index (Phi) is 4.37. The van der Waals surface area contributed by atoms with Gasteiger partial charge in [0.1, 0.15) is 0 Å². The molecule has 4 heteroatoms. The third-order valence-corrected chi connectivity index (χ3v) is 4.03. The van der Waals surface area contributed by atoms with Crippen LogP contribution >= 0.6 is 0 Å². The third kappa shape index (κ3) is 2.56. The molecule has 4 nitrogen and oxygen atoms in total. The predicted octanol–water partition coefficient (Wildman–Crippen LogP) is 3.67. The Morgan fingerprint density at radius 3 is 2.48 bits per heavy atom. The van der Waals surface area contributed by atoms with Crippen LogP contribution in [0.3, 0.4) is 0 Å². The fraction of sp³-hybridized carbons (Fsp3) is 0.471. The normalized spacial score (nSPS) is 12.8. The van der Waals surface area contributed by atoms with Gasteiger partial charge in [-0.3, -0.25) is 0 Å². The van der Waals surface area contributed by atoms with Crippen LogP contribution in [0, 0.1) is 6.92 Å². The average Bonchev–Trinajstić information content (AvgIpc) is 2.70. The summed E-state index contributed by atoms with van der Waals surface area (Å²) in [5, 5.41) is 20.5. The Morgan fingerprint density at radius 1 is 1.33 bits per heavy atom. The van der Waals surface area contributed by atoms with Gasteiger partial charge in [0.2, 0.25) is 0 Å². The quantitative estimate of drug-likeness (QED) is 0.882. The van der Waals surface area contributed by atoms with Gasteiger partial charge >= 0.3 is 5.97 Å². The van der Waals surface area contributed by atoms with E-state index in [1.54, 1.807) is 13.0 Å². The molecule has 0 saturated carbocycles. The minimum atomic E-state index is -0.915. The van der Waals surface area contributed by atoms with E-state index >= 15 is 0 Å². The molecule has 1 aromatic carbocycles. The van der Waals surface area contributed by atoms with Crippen LogP contribution in [0.5, 0.6) is 0 Å². The summed E-state index contributed by atoms with van der Waals surface area (Å²) < 4.78 is 2.03. The zero-order valence-electron chi connectivity index (χ0n) is 13.1. The lowest BCUT2D eigenvalue weighted by molar-refractivity contribution is 0.0698. The van der Waals surface area contributed by atoms with Gasteiger partial charge in [0.25, 0.3) is 0 Å². The van der Waals surface area contributed by atoms with E-state index in [0.29, 0.717) is 5.56 Å². The van der Waals surface area contributed by atoms with Gasteiger partial charge in [-0.1, -0.05) is 13.8 Å². The molecule has 2 rings (SSSR count). The number of hydrogen-bond acceptors (Lipinski definition) is 2. The first-order valence-electron chi connectivity index (χ1n) is 7.49. The Morgan fingerprint density at radius 2 is 2.00 bits per heavy atom. The van der Waals surface area contributed by atoms with Gasteiger partial charge in [-0.05, 0) is 44.4 Å². The first kappa shape index (κ1) is 15.6. The standard InChI is InChI=1S/C17H23NO3/c1-5-7-18-10(3)15(11(4)19)13-8-12(6-2)9-14(16(13)18)17(20)21/h8-9,11,19H,5-7H2,1-4H3,(H,20,21). The molecule has 0 amide bonds. The first-order chi connectivity index (χ1) is 9.92. The molecule has 0 aliphatic carbocycles. The van der Waals surface area contributed by atoms with Gasteiger partial charge < -0.3 is 14.8 Å². The number of carboxylic acid groups (broad SMARTS) is 1. The highest BCUT2D eigenvalue weighted by atomic mass is 16.4. The molecule has 2 N–H and O–H groups in total. The van der Waals surface area contributed by atoms with Crippen molar-refractivity contribution in [3.8, 4) is 0 Å². The minimum Gasteiger partial charge on any atom is -0.478 e. The van der Waals surface area contributed by atoms with E-state index in [-0.39, 0.29) is 0 Å². The van der Waals surface area contributed by atoms with Gasteiger partial charge in [0.05, 0.1) is 17.2 Å². The summed E-state index contributed by atoms with van der Waals surface area (Å²) >= 11 is 0. The van der Waals surface area contributed by atoms with Crippen molar-refractivity contribution in [2.24, 2.45) is 0 Å². The molecule has 0 aliphatic heterocycles. The van der Waals surface area contributed by atoms with Crippen molar-refractivity contribution in [3.63, 3.8) is 0 Å². The molecule has 0 spiro atoms. The first-order valence-corrected chi connectivity index (χ1v) is 7.49. The van der Waals surface area contributed by atoms with E-state index in [2.05, 4.69) is 6.92 Å². The van der Waals surface area contributed by atoms with Gasteiger partial charge in [0, 0.05) is 23.2 Å². The molecule has 0 fully saturated rings. The van der Waals surface area contributed by atoms with Gasteiger partial charge in [-0.2, -0.15) is 0 Å². The Bertz CT molecular complexity index is 683. The predicted molar refractivity (Wildman–Crippen MR) is 83.9 cm³/mol. The molecule has 0 radical (unpaired) electrons. The smallest absolute Gasteiger partial charge is 0.337 e. The molecule has 0 aliphatic rings. The lowest BCUT2D eigenvalue weighted by Gasteiger charge is -2.09. The fourth-order valence-electron chi connectivity index (χ4n) is 3.10. The number of aliphatic hydroxyl groups is 1. The van der Waals surface area contributed by atoms with Crippen molar-refractivity contribution in [2.45, 2.75) is 53.2 Å². The molecule has 21 heavy (non-hydrogen) atoms. The summed E-state index contributed by atoms with van der Waals surface area (Å²) in [6.07, 6.45) is 1.07. The van der Waals surface area contributed by atoms with Crippen LogP contribution in [0.4, 0.5) is 0 Å². The summed E-state index contributed by atoms with van der Waals surface area (Å²) in [7, 11) is 0. The number of nitrogens with zero attached hydrogens (tertiary/aromatic N) is 1. The van der Waals surface area contributed by atoms with Crippen molar-refractivity contribution >= 4 is 16.9 Å². The topological polar surface area (TPSA) is 62.5 Å². The van der Waals surface area contributed by atoms with Crippen LogP contribution in [0.15, 0.2) is 12.1 Å². The zero-order chi connectivity index (χ0) is 15.7. The van der Waals surface area contributed by atoms with Crippen molar-refractivity contribution < 1.29 is 15.0 Å². The molecular weight excluding hydrogens is 266 g/mol. The highest BCUT2D eigenvalue weighted by Crippen LogP contribution is 2.34. The lowest BCUT2D eigenvalue weighted by atomic mass is 10.00. The van der Waals surface area contributed by atoms with Crippen molar-refractivity contribution in [1.82, 2.24) is 4.57 Å². The van der Waals surface area contributed by atoms with Crippen LogP contribution in [0.25, 0.3) is 10.9 Å². The van der Waals surface area contributed by atoms with Crippen LogP contribution in [0.1, 0.15) is 60.5 Å². The Hall–Kier alpha value is -1.81. The maximum atomic E-state index is 11.7. The molecule has 114 valence electrons. The summed E-state index contributed by atoms with van der Waals surface area (Å²) in [6, 6.07) is 3.77. The van der Waals surface area contributed by atoms with Gasteiger partial charge in [-0.15, -0.1) is 0 Å². The summed E-state index contributed by atoms with van der Waals surface area (Å²) in [5.74, 6) is -0.915. The number of carboxylic acids is 1. The average molecular weight is 289 g/mol. The second-order valence-corrected chi connectivity index (χ2v) is 5.52. The number of hydrogen-bond donors (Lipinski definition) is 2. The van der Waals surface area contributed by atoms with E-state index in [1.165, 1.54) is 0 Å². The number of aromatic nitrogens is 1. The largest absolute Gasteiger partial charge is 0.478 e. The molecule has 0 bridgehead atoms. The van der Waals surface area contributed by atoms with Crippen LogP contribution in [0.2, 0.25) is 0 Å². The number of rotatable bonds is 5. The highest BCUT2D eigenvalue weighted by molar-refractivity contribution is 6.04. The Balaban J connectivity index is 2.95. The highest BCUT2D eigenvalue weighted by Gasteiger charge is 2.22. The van der Waals surface area contributed by atoms with E-state index < -0.39 is 12.1 Å². The third-order valence-electron chi connectivity index (χ3n) is 4.03. The lowest BCUT2D eigenvalue weighted by Crippen LogP contribution is -2.05. The van der Waals surface area contributed by atoms with Crippen molar-refractivity contribution in [1.29, 1.82) is 0 Å². The monoisotopic (exact) mass is 289 g/mol. The molecular formula is C17H23NO3. The minimum absolute atomic E-state index is 0.327. The Labute approximate surface area is 125 Å². The van der Waals surface area contributed by atoms with E-state index in [1.807, 2.05) is 24.5 Å². The number of aromatic carboxylic acids is 1. The fourth-order valence-corrected chi connectivity index (χ4v) is 3.10.